The minimum absolute atomic E-state index is 0.0166. The number of piperazine rings is 1. The molecule has 200 valence electrons. The van der Waals surface area contributed by atoms with Crippen LogP contribution in [0.4, 0.5) is 5.82 Å². The number of benzene rings is 1. The minimum atomic E-state index is -3.31. The predicted molar refractivity (Wildman–Crippen MR) is 141 cm³/mol. The molecule has 0 saturated carbocycles. The summed E-state index contributed by atoms with van der Waals surface area (Å²) in [5, 5.41) is 14.0. The number of aromatic nitrogens is 2. The highest BCUT2D eigenvalue weighted by atomic mass is 32.2. The maximum Gasteiger partial charge on any atom is 0.231 e. The molecular formula is C27H37N5O4S. The van der Waals surface area contributed by atoms with E-state index < -0.39 is 15.9 Å². The predicted octanol–water partition coefficient (Wildman–Crippen LogP) is 2.38. The van der Waals surface area contributed by atoms with E-state index in [0.29, 0.717) is 32.6 Å². The number of nitrogens with zero attached hydrogens (tertiary/aromatic N) is 4. The normalized spacial score (nSPS) is 26.2. The van der Waals surface area contributed by atoms with Gasteiger partial charge >= 0.3 is 0 Å². The number of aliphatic hydroxyl groups excluding tert-OH is 1. The molecule has 10 heteroatoms. The Morgan fingerprint density at radius 3 is 2.41 bits per heavy atom. The van der Waals surface area contributed by atoms with Gasteiger partial charge in [0, 0.05) is 49.6 Å². The van der Waals surface area contributed by atoms with Gasteiger partial charge in [-0.15, -0.1) is 0 Å². The zero-order valence-corrected chi connectivity index (χ0v) is 22.8. The van der Waals surface area contributed by atoms with Crippen molar-refractivity contribution in [2.75, 3.05) is 37.3 Å². The first-order valence-electron chi connectivity index (χ1n) is 13.1. The lowest BCUT2D eigenvalue weighted by atomic mass is 9.88. The third-order valence-corrected chi connectivity index (χ3v) is 9.29. The van der Waals surface area contributed by atoms with Crippen molar-refractivity contribution in [3.05, 3.63) is 47.4 Å². The summed E-state index contributed by atoms with van der Waals surface area (Å²) in [5.41, 5.74) is 2.54. The first-order valence-corrected chi connectivity index (χ1v) is 15.0. The van der Waals surface area contributed by atoms with E-state index in [4.69, 9.17) is 0 Å². The number of amides is 1. The van der Waals surface area contributed by atoms with Crippen molar-refractivity contribution < 1.29 is 18.3 Å². The molecule has 2 N–H and O–H groups in total. The quantitative estimate of drug-likeness (QED) is 0.609. The van der Waals surface area contributed by atoms with E-state index in [-0.39, 0.29) is 34.2 Å². The van der Waals surface area contributed by atoms with E-state index in [9.17, 15) is 18.3 Å². The number of anilines is 1. The Morgan fingerprint density at radius 2 is 1.81 bits per heavy atom. The van der Waals surface area contributed by atoms with Crippen molar-refractivity contribution in [3.63, 3.8) is 0 Å². The van der Waals surface area contributed by atoms with E-state index in [1.807, 2.05) is 4.90 Å². The fraction of sp³-hybridized carbons (Fsp3) is 0.593. The van der Waals surface area contributed by atoms with Crippen LogP contribution < -0.4 is 10.2 Å². The average molecular weight is 528 g/mol. The van der Waals surface area contributed by atoms with E-state index in [2.05, 4.69) is 41.0 Å². The van der Waals surface area contributed by atoms with Crippen molar-refractivity contribution in [1.29, 1.82) is 0 Å². The Morgan fingerprint density at radius 1 is 1.14 bits per heavy atom. The third kappa shape index (κ3) is 5.11. The van der Waals surface area contributed by atoms with Crippen LogP contribution in [0.2, 0.25) is 0 Å². The van der Waals surface area contributed by atoms with Crippen LogP contribution in [0.5, 0.6) is 0 Å². The molecule has 3 heterocycles. The van der Waals surface area contributed by atoms with Crippen molar-refractivity contribution >= 4 is 21.6 Å². The van der Waals surface area contributed by atoms with E-state index >= 15 is 0 Å². The maximum absolute atomic E-state index is 14.0. The number of rotatable bonds is 5. The van der Waals surface area contributed by atoms with Gasteiger partial charge in [-0.1, -0.05) is 19.1 Å². The van der Waals surface area contributed by atoms with Crippen LogP contribution in [0.1, 0.15) is 74.8 Å². The second-order valence-electron chi connectivity index (χ2n) is 11.5. The molecule has 0 bridgehead atoms. The molecule has 1 aromatic heterocycles. The molecule has 0 unspecified atom stereocenters. The molecular weight excluding hydrogens is 490 g/mol. The number of sulfone groups is 1. The first-order chi connectivity index (χ1) is 17.4. The van der Waals surface area contributed by atoms with Crippen molar-refractivity contribution in [2.24, 2.45) is 0 Å². The zero-order valence-electron chi connectivity index (χ0n) is 22.0. The molecule has 2 aromatic rings. The Hall–Kier alpha value is -2.56. The molecule has 37 heavy (non-hydrogen) atoms. The second-order valence-corrected chi connectivity index (χ2v) is 13.5. The van der Waals surface area contributed by atoms with Gasteiger partial charge < -0.3 is 20.2 Å². The van der Waals surface area contributed by atoms with Gasteiger partial charge in [-0.25, -0.2) is 18.4 Å². The van der Waals surface area contributed by atoms with Gasteiger partial charge in [-0.2, -0.15) is 0 Å². The van der Waals surface area contributed by atoms with Gasteiger partial charge in [0.1, 0.15) is 12.1 Å². The Bertz CT molecular complexity index is 1270. The molecule has 0 spiro atoms. The number of aliphatic hydroxyl groups is 1. The molecule has 4 atom stereocenters. The van der Waals surface area contributed by atoms with Crippen LogP contribution in [0.15, 0.2) is 35.5 Å². The summed E-state index contributed by atoms with van der Waals surface area (Å²) in [6, 6.07) is 6.78. The summed E-state index contributed by atoms with van der Waals surface area (Å²) >= 11 is 0. The van der Waals surface area contributed by atoms with Crippen LogP contribution in [0, 0.1) is 0 Å². The fourth-order valence-corrected chi connectivity index (χ4v) is 6.80. The van der Waals surface area contributed by atoms with Crippen molar-refractivity contribution in [3.8, 4) is 0 Å². The Balaban J connectivity index is 1.36. The number of carbonyl (C=O) groups excluding carboxylic acids is 1. The van der Waals surface area contributed by atoms with Crippen molar-refractivity contribution in [1.82, 2.24) is 20.2 Å². The minimum Gasteiger partial charge on any atom is -0.387 e. The monoisotopic (exact) mass is 527 g/mol. The summed E-state index contributed by atoms with van der Waals surface area (Å²) in [6.07, 6.45) is 4.68. The Labute approximate surface area is 219 Å². The smallest absolute Gasteiger partial charge is 0.231 e. The Kier molecular flexibility index (Phi) is 6.79. The summed E-state index contributed by atoms with van der Waals surface area (Å²) < 4.78 is 24.0. The van der Waals surface area contributed by atoms with Gasteiger partial charge in [0.2, 0.25) is 5.91 Å². The highest BCUT2D eigenvalue weighted by molar-refractivity contribution is 7.90. The number of fused-ring (bicyclic) bond motifs is 1. The number of hydrogen-bond donors (Lipinski definition) is 2. The molecule has 3 aliphatic rings. The number of hydrogen-bond acceptors (Lipinski definition) is 8. The molecule has 1 amide bonds. The van der Waals surface area contributed by atoms with Gasteiger partial charge in [-0.3, -0.25) is 4.79 Å². The van der Waals surface area contributed by atoms with E-state index in [1.54, 1.807) is 24.3 Å². The van der Waals surface area contributed by atoms with Gasteiger partial charge in [0.15, 0.2) is 9.84 Å². The van der Waals surface area contributed by atoms with Crippen LogP contribution in [0.3, 0.4) is 0 Å². The third-order valence-electron chi connectivity index (χ3n) is 8.16. The highest BCUT2D eigenvalue weighted by Crippen LogP contribution is 2.43. The molecule has 5 rings (SSSR count). The number of nitrogens with one attached hydrogen (secondary N) is 1. The fourth-order valence-electron chi connectivity index (χ4n) is 6.17. The summed E-state index contributed by atoms with van der Waals surface area (Å²) in [7, 11) is -3.31. The molecule has 0 radical (unpaired) electrons. The molecule has 9 nitrogen and oxygen atoms in total. The molecule has 2 aliphatic heterocycles. The summed E-state index contributed by atoms with van der Waals surface area (Å²) in [5.74, 6) is 0.740. The SMILES string of the molecule is C[C@@H]1C[C@@H](O)c2ncnc(N3CCN(C(=O)[C@@H](c4ccc(S(C)(=O)=O)cc4)[C@@H]4CCC(C)(C)N4)CC3)c21. The highest BCUT2D eigenvalue weighted by Gasteiger charge is 2.41. The van der Waals surface area contributed by atoms with Crippen LogP contribution in [-0.4, -0.2) is 78.3 Å². The van der Waals surface area contributed by atoms with Gasteiger partial charge in [0.25, 0.3) is 0 Å². The number of carbonyl (C=O) groups is 1. The van der Waals surface area contributed by atoms with E-state index in [1.165, 1.54) is 12.6 Å². The molecule has 2 fully saturated rings. The lowest BCUT2D eigenvalue weighted by Gasteiger charge is -2.39. The van der Waals surface area contributed by atoms with E-state index in [0.717, 1.165) is 35.5 Å². The maximum atomic E-state index is 14.0. The molecule has 2 saturated heterocycles. The lowest BCUT2D eigenvalue weighted by molar-refractivity contribution is -0.133. The standard InChI is InChI=1S/C27H37N5O4S/c1-17-15-21(33)24-22(17)25(29-16-28-24)31-11-13-32(14-12-31)26(34)23(20-9-10-27(2,3)30-20)18-5-7-19(8-6-18)37(4,35)36/h5-8,16-17,20-21,23,30,33H,9-15H2,1-4H3/t17-,20+,21-,23+/m1/s1. The largest absolute Gasteiger partial charge is 0.387 e. The van der Waals surface area contributed by atoms with Gasteiger partial charge in [-0.05, 0) is 56.7 Å². The van der Waals surface area contributed by atoms with Gasteiger partial charge in [0.05, 0.1) is 22.6 Å². The van der Waals surface area contributed by atoms with Crippen LogP contribution in [0.25, 0.3) is 0 Å². The van der Waals surface area contributed by atoms with Crippen molar-refractivity contribution in [2.45, 2.75) is 74.4 Å². The second kappa shape index (κ2) is 9.63. The topological polar surface area (TPSA) is 116 Å². The zero-order chi connectivity index (χ0) is 26.5. The van der Waals surface area contributed by atoms with Crippen LogP contribution in [-0.2, 0) is 14.6 Å². The molecule has 1 aliphatic carbocycles. The van der Waals surface area contributed by atoms with Crippen LogP contribution >= 0.6 is 0 Å². The summed E-state index contributed by atoms with van der Waals surface area (Å²) in [4.78, 5) is 27.3. The molecule has 1 aromatic carbocycles. The average Bonchev–Trinajstić information content (AvgIpc) is 3.36. The lowest BCUT2D eigenvalue weighted by Crippen LogP contribution is -2.53. The summed E-state index contributed by atoms with van der Waals surface area (Å²) in [6.45, 7) is 8.85. The first kappa shape index (κ1) is 26.1.